The fraction of sp³-hybridized carbons (Fsp3) is 0.312. The van der Waals surface area contributed by atoms with Gasteiger partial charge in [-0.15, -0.1) is 0 Å². The van der Waals surface area contributed by atoms with Crippen LogP contribution in [0.2, 0.25) is 0 Å². The minimum Gasteiger partial charge on any atom is -0.304 e. The zero-order chi connectivity index (χ0) is 13.7. The molecule has 0 bridgehead atoms. The zero-order valence-corrected chi connectivity index (χ0v) is 12.9. The van der Waals surface area contributed by atoms with E-state index in [0.29, 0.717) is 6.04 Å². The number of benzene rings is 1. The van der Waals surface area contributed by atoms with Gasteiger partial charge in [0.15, 0.2) is 0 Å². The van der Waals surface area contributed by atoms with Gasteiger partial charge in [0, 0.05) is 23.3 Å². The lowest BCUT2D eigenvalue weighted by Crippen LogP contribution is -2.20. The van der Waals surface area contributed by atoms with E-state index in [0.717, 1.165) is 23.1 Å². The van der Waals surface area contributed by atoms with Gasteiger partial charge >= 0.3 is 0 Å². The lowest BCUT2D eigenvalue weighted by atomic mass is 10.0. The summed E-state index contributed by atoms with van der Waals surface area (Å²) < 4.78 is 1.02. The van der Waals surface area contributed by atoms with Crippen LogP contribution >= 0.6 is 15.9 Å². The highest BCUT2D eigenvalue weighted by Crippen LogP contribution is 2.17. The molecule has 1 unspecified atom stereocenters. The molecule has 0 aliphatic rings. The molecule has 0 saturated carbocycles. The Kier molecular flexibility index (Phi) is 5.11. The van der Waals surface area contributed by atoms with Gasteiger partial charge < -0.3 is 5.32 Å². The minimum absolute atomic E-state index is 0.381. The molecule has 0 saturated heterocycles. The lowest BCUT2D eigenvalue weighted by molar-refractivity contribution is 0.514. The van der Waals surface area contributed by atoms with Crippen molar-refractivity contribution in [1.29, 1.82) is 0 Å². The van der Waals surface area contributed by atoms with Crippen LogP contribution in [-0.4, -0.2) is 4.98 Å². The Morgan fingerprint density at radius 3 is 2.47 bits per heavy atom. The van der Waals surface area contributed by atoms with Crippen molar-refractivity contribution in [2.45, 2.75) is 32.9 Å². The fourth-order valence-electron chi connectivity index (χ4n) is 2.04. The first-order valence-corrected chi connectivity index (χ1v) is 7.38. The summed E-state index contributed by atoms with van der Waals surface area (Å²) in [5.41, 5.74) is 3.70. The zero-order valence-electron chi connectivity index (χ0n) is 11.4. The van der Waals surface area contributed by atoms with Crippen LogP contribution in [0, 0.1) is 6.92 Å². The molecular weight excluding hydrogens is 300 g/mol. The largest absolute Gasteiger partial charge is 0.304 e. The topological polar surface area (TPSA) is 24.9 Å². The van der Waals surface area contributed by atoms with Gasteiger partial charge in [0.1, 0.15) is 0 Å². The highest BCUT2D eigenvalue weighted by Gasteiger charge is 2.08. The van der Waals surface area contributed by atoms with Gasteiger partial charge in [-0.05, 0) is 47.0 Å². The predicted octanol–water partition coefficient (Wildman–Crippen LogP) is 4.39. The van der Waals surface area contributed by atoms with Gasteiger partial charge in [-0.25, -0.2) is 0 Å². The predicted molar refractivity (Wildman–Crippen MR) is 83.0 cm³/mol. The van der Waals surface area contributed by atoms with Gasteiger partial charge in [-0.2, -0.15) is 0 Å². The third-order valence-electron chi connectivity index (χ3n) is 3.21. The average Bonchev–Trinajstić information content (AvgIpc) is 2.43. The monoisotopic (exact) mass is 318 g/mol. The number of halogens is 1. The van der Waals surface area contributed by atoms with Crippen molar-refractivity contribution in [2.24, 2.45) is 0 Å². The molecule has 2 rings (SSSR count). The summed E-state index contributed by atoms with van der Waals surface area (Å²) in [6.07, 6.45) is 2.91. The molecule has 1 aromatic carbocycles. The third-order valence-corrected chi connectivity index (χ3v) is 3.68. The summed E-state index contributed by atoms with van der Waals surface area (Å²) in [7, 11) is 0. The number of hydrogen-bond donors (Lipinski definition) is 1. The molecule has 2 aromatic rings. The quantitative estimate of drug-likeness (QED) is 0.884. The smallest absolute Gasteiger partial charge is 0.0542 e. The van der Waals surface area contributed by atoms with Crippen molar-refractivity contribution in [3.05, 3.63) is 63.9 Å². The van der Waals surface area contributed by atoms with E-state index in [1.807, 2.05) is 18.3 Å². The number of aryl methyl sites for hydroxylation is 1. The van der Waals surface area contributed by atoms with E-state index in [2.05, 4.69) is 64.3 Å². The van der Waals surface area contributed by atoms with Crippen molar-refractivity contribution < 1.29 is 0 Å². The van der Waals surface area contributed by atoms with E-state index < -0.39 is 0 Å². The van der Waals surface area contributed by atoms with E-state index in [4.69, 9.17) is 0 Å². The van der Waals surface area contributed by atoms with E-state index >= 15 is 0 Å². The Balaban J connectivity index is 1.99. The number of nitrogens with zero attached hydrogens (tertiary/aromatic N) is 1. The highest BCUT2D eigenvalue weighted by molar-refractivity contribution is 9.10. The molecular formula is C16H19BrN2. The van der Waals surface area contributed by atoms with E-state index in [1.54, 1.807) is 0 Å². The second-order valence-corrected chi connectivity index (χ2v) is 5.64. The summed E-state index contributed by atoms with van der Waals surface area (Å²) in [6.45, 7) is 5.11. The third kappa shape index (κ3) is 4.15. The van der Waals surface area contributed by atoms with E-state index in [-0.39, 0.29) is 0 Å². The van der Waals surface area contributed by atoms with Crippen molar-refractivity contribution >= 4 is 15.9 Å². The second kappa shape index (κ2) is 6.83. The van der Waals surface area contributed by atoms with Crippen LogP contribution in [0.4, 0.5) is 0 Å². The van der Waals surface area contributed by atoms with Crippen LogP contribution in [-0.2, 0) is 6.54 Å². The Labute approximate surface area is 123 Å². The number of pyridine rings is 1. The molecule has 0 radical (unpaired) electrons. The van der Waals surface area contributed by atoms with Gasteiger partial charge in [0.25, 0.3) is 0 Å². The van der Waals surface area contributed by atoms with Gasteiger partial charge in [0.05, 0.1) is 5.69 Å². The first-order valence-electron chi connectivity index (χ1n) is 6.59. The van der Waals surface area contributed by atoms with E-state index in [1.165, 1.54) is 11.1 Å². The first-order chi connectivity index (χ1) is 9.19. The molecule has 1 aromatic heterocycles. The molecule has 19 heavy (non-hydrogen) atoms. The molecule has 2 nitrogen and oxygen atoms in total. The van der Waals surface area contributed by atoms with Gasteiger partial charge in [-0.3, -0.25) is 4.98 Å². The summed E-state index contributed by atoms with van der Waals surface area (Å²) in [5.74, 6) is 0. The van der Waals surface area contributed by atoms with Crippen molar-refractivity contribution in [2.75, 3.05) is 0 Å². The molecule has 0 spiro atoms. The number of hydrogen-bond acceptors (Lipinski definition) is 2. The maximum atomic E-state index is 4.38. The molecule has 100 valence electrons. The number of aromatic nitrogens is 1. The maximum absolute atomic E-state index is 4.38. The van der Waals surface area contributed by atoms with Crippen LogP contribution in [0.25, 0.3) is 0 Å². The SMILES string of the molecule is CCC(NCc1ccc(Br)cn1)c1ccc(C)cc1. The average molecular weight is 319 g/mol. The standard InChI is InChI=1S/C16H19BrN2/c1-3-16(13-6-4-12(2)5-7-13)19-11-15-9-8-14(17)10-18-15/h4-10,16,19H,3,11H2,1-2H3. The van der Waals surface area contributed by atoms with Crippen LogP contribution < -0.4 is 5.32 Å². The van der Waals surface area contributed by atoms with Crippen LogP contribution in [0.3, 0.4) is 0 Å². The molecule has 1 heterocycles. The Bertz CT molecular complexity index is 505. The lowest BCUT2D eigenvalue weighted by Gasteiger charge is -2.17. The maximum Gasteiger partial charge on any atom is 0.0542 e. The molecule has 1 atom stereocenters. The summed E-state index contributed by atoms with van der Waals surface area (Å²) >= 11 is 3.40. The fourth-order valence-corrected chi connectivity index (χ4v) is 2.27. The minimum atomic E-state index is 0.381. The second-order valence-electron chi connectivity index (χ2n) is 4.72. The van der Waals surface area contributed by atoms with Crippen LogP contribution in [0.1, 0.15) is 36.2 Å². The van der Waals surface area contributed by atoms with Crippen LogP contribution in [0.5, 0.6) is 0 Å². The first kappa shape index (κ1) is 14.2. The molecule has 0 amide bonds. The molecule has 0 aliphatic heterocycles. The van der Waals surface area contributed by atoms with Crippen LogP contribution in [0.15, 0.2) is 47.1 Å². The molecule has 0 fully saturated rings. The number of rotatable bonds is 5. The Morgan fingerprint density at radius 1 is 1.16 bits per heavy atom. The summed E-state index contributed by atoms with van der Waals surface area (Å²) in [5, 5.41) is 3.56. The Hall–Kier alpha value is -1.19. The summed E-state index contributed by atoms with van der Waals surface area (Å²) in [6, 6.07) is 13.2. The molecule has 0 aliphatic carbocycles. The molecule has 3 heteroatoms. The summed E-state index contributed by atoms with van der Waals surface area (Å²) in [4.78, 5) is 4.38. The number of nitrogens with one attached hydrogen (secondary N) is 1. The Morgan fingerprint density at radius 2 is 1.89 bits per heavy atom. The normalized spacial score (nSPS) is 12.4. The van der Waals surface area contributed by atoms with Crippen molar-refractivity contribution in [3.8, 4) is 0 Å². The molecule has 1 N–H and O–H groups in total. The van der Waals surface area contributed by atoms with E-state index in [9.17, 15) is 0 Å². The van der Waals surface area contributed by atoms with Crippen molar-refractivity contribution in [1.82, 2.24) is 10.3 Å². The van der Waals surface area contributed by atoms with Crippen molar-refractivity contribution in [3.63, 3.8) is 0 Å². The highest BCUT2D eigenvalue weighted by atomic mass is 79.9. The van der Waals surface area contributed by atoms with Gasteiger partial charge in [0.2, 0.25) is 0 Å². The van der Waals surface area contributed by atoms with Gasteiger partial charge in [-0.1, -0.05) is 36.8 Å².